The van der Waals surface area contributed by atoms with E-state index in [1.807, 2.05) is 37.3 Å². The molecule has 3 fully saturated rings. The monoisotopic (exact) mass is 504 g/mol. The number of rotatable bonds is 4. The van der Waals surface area contributed by atoms with E-state index in [2.05, 4.69) is 16.9 Å². The van der Waals surface area contributed by atoms with E-state index in [9.17, 15) is 19.8 Å². The zero-order chi connectivity index (χ0) is 25.3. The Balaban J connectivity index is 1.26. The second-order valence-corrected chi connectivity index (χ2v) is 12.5. The van der Waals surface area contributed by atoms with Crippen LogP contribution in [0.25, 0.3) is 10.9 Å². The van der Waals surface area contributed by atoms with Crippen molar-refractivity contribution in [3.05, 3.63) is 54.4 Å². The van der Waals surface area contributed by atoms with Gasteiger partial charge in [0.25, 0.3) is 0 Å². The number of nitrogens with zero attached hydrogens (tertiary/aromatic N) is 2. The van der Waals surface area contributed by atoms with Crippen LogP contribution in [-0.4, -0.2) is 49.2 Å². The summed E-state index contributed by atoms with van der Waals surface area (Å²) in [7, 11) is 0. The summed E-state index contributed by atoms with van der Waals surface area (Å²) < 4.78 is 0. The summed E-state index contributed by atoms with van der Waals surface area (Å²) in [6, 6.07) is 7.71. The minimum atomic E-state index is -1.48. The predicted octanol–water partition coefficient (Wildman–Crippen LogP) is 4.30. The van der Waals surface area contributed by atoms with E-state index in [1.54, 1.807) is 12.2 Å². The maximum Gasteiger partial charge on any atom is 0.178 e. The summed E-state index contributed by atoms with van der Waals surface area (Å²) >= 11 is 1.35. The Hall–Kier alpha value is -2.35. The van der Waals surface area contributed by atoms with Gasteiger partial charge >= 0.3 is 0 Å². The fourth-order valence-corrected chi connectivity index (χ4v) is 9.09. The molecule has 2 aromatic rings. The molecule has 4 aliphatic rings. The number of carbonyl (C=O) groups is 2. The van der Waals surface area contributed by atoms with Gasteiger partial charge in [0, 0.05) is 22.1 Å². The van der Waals surface area contributed by atoms with Crippen LogP contribution >= 0.6 is 11.8 Å². The van der Waals surface area contributed by atoms with E-state index in [-0.39, 0.29) is 40.5 Å². The van der Waals surface area contributed by atoms with Crippen LogP contribution in [0.4, 0.5) is 0 Å². The molecule has 2 N–H and O–H groups in total. The van der Waals surface area contributed by atoms with Crippen molar-refractivity contribution in [2.24, 2.45) is 28.6 Å². The summed E-state index contributed by atoms with van der Waals surface area (Å²) in [6.45, 7) is 4.15. The molecule has 0 radical (unpaired) electrons. The molecule has 1 aromatic heterocycles. The second-order valence-electron chi connectivity index (χ2n) is 11.5. The molecule has 4 aliphatic carbocycles. The number of thioether (sulfide) groups is 1. The lowest BCUT2D eigenvalue weighted by molar-refractivity contribution is -0.174. The fraction of sp³-hybridized carbons (Fsp3) is 0.517. The number of hydrogen-bond acceptors (Lipinski definition) is 7. The molecular weight excluding hydrogens is 472 g/mol. The zero-order valence-corrected chi connectivity index (χ0v) is 21.5. The Morgan fingerprint density at radius 1 is 1.19 bits per heavy atom. The summed E-state index contributed by atoms with van der Waals surface area (Å²) in [5.41, 5.74) is -0.587. The van der Waals surface area contributed by atoms with Crippen LogP contribution in [0.5, 0.6) is 0 Å². The van der Waals surface area contributed by atoms with Crippen LogP contribution in [0.3, 0.4) is 0 Å². The molecule has 6 nitrogen and oxygen atoms in total. The van der Waals surface area contributed by atoms with Gasteiger partial charge in [-0.3, -0.25) is 9.59 Å². The van der Waals surface area contributed by atoms with Gasteiger partial charge in [-0.15, -0.1) is 0 Å². The molecule has 0 amide bonds. The minimum Gasteiger partial charge on any atom is -0.393 e. The molecule has 7 atom stereocenters. The van der Waals surface area contributed by atoms with Crippen molar-refractivity contribution >= 4 is 34.2 Å². The van der Waals surface area contributed by atoms with Gasteiger partial charge < -0.3 is 10.2 Å². The van der Waals surface area contributed by atoms with Gasteiger partial charge in [-0.2, -0.15) is 0 Å². The number of aromatic nitrogens is 2. The summed E-state index contributed by atoms with van der Waals surface area (Å²) in [5, 5.41) is 25.1. The normalized spacial score (nSPS) is 39.3. The predicted molar refractivity (Wildman–Crippen MR) is 138 cm³/mol. The van der Waals surface area contributed by atoms with Crippen molar-refractivity contribution in [2.45, 2.75) is 62.7 Å². The van der Waals surface area contributed by atoms with Gasteiger partial charge in [0.05, 0.1) is 17.4 Å². The van der Waals surface area contributed by atoms with E-state index in [0.29, 0.717) is 12.8 Å². The lowest BCUT2D eigenvalue weighted by Crippen LogP contribution is -2.61. The van der Waals surface area contributed by atoms with Crippen LogP contribution in [0.2, 0.25) is 0 Å². The number of fused-ring (bicyclic) bond motifs is 6. The molecular formula is C29H32N2O4S. The lowest BCUT2D eigenvalue weighted by atomic mass is 9.46. The van der Waals surface area contributed by atoms with Crippen molar-refractivity contribution in [2.75, 3.05) is 5.75 Å². The SMILES string of the molecule is CC12C=CC(=O)C=C1CCC1C2[C@@H](O)CC2(C)C1CC[C@]2(O)C(=O)CSc1ncnc2ccccc12. The molecule has 36 heavy (non-hydrogen) atoms. The highest BCUT2D eigenvalue weighted by atomic mass is 32.2. The highest BCUT2D eigenvalue weighted by molar-refractivity contribution is 8.00. The van der Waals surface area contributed by atoms with Crippen molar-refractivity contribution < 1.29 is 19.8 Å². The fourth-order valence-electron chi connectivity index (χ4n) is 8.14. The zero-order valence-electron chi connectivity index (χ0n) is 20.7. The molecule has 188 valence electrons. The van der Waals surface area contributed by atoms with E-state index in [1.165, 1.54) is 18.1 Å². The molecule has 0 spiro atoms. The lowest BCUT2D eigenvalue weighted by Gasteiger charge is -2.59. The van der Waals surface area contributed by atoms with E-state index in [4.69, 9.17) is 0 Å². The molecule has 5 unspecified atom stereocenters. The Morgan fingerprint density at radius 3 is 2.83 bits per heavy atom. The smallest absolute Gasteiger partial charge is 0.178 e. The molecule has 0 aliphatic heterocycles. The number of aliphatic hydroxyl groups excluding tert-OH is 1. The van der Waals surface area contributed by atoms with E-state index in [0.717, 1.165) is 40.8 Å². The molecule has 1 aromatic carbocycles. The molecule has 1 heterocycles. The number of benzene rings is 1. The Morgan fingerprint density at radius 2 is 2.00 bits per heavy atom. The van der Waals surface area contributed by atoms with Gasteiger partial charge in [0.15, 0.2) is 11.6 Å². The number of aliphatic hydroxyl groups is 2. The topological polar surface area (TPSA) is 100 Å². The third-order valence-corrected chi connectivity index (χ3v) is 11.0. The molecule has 0 saturated heterocycles. The molecule has 3 saturated carbocycles. The van der Waals surface area contributed by atoms with Crippen LogP contribution in [0.1, 0.15) is 46.0 Å². The van der Waals surface area contributed by atoms with Crippen LogP contribution < -0.4 is 0 Å². The molecule has 0 bridgehead atoms. The standard InChI is InChI=1S/C29H32N2O4S/c1-27-11-9-18(32)13-17(27)7-8-19-21-10-12-29(35,28(21,2)14-23(33)25(19)27)24(34)15-36-26-20-5-3-4-6-22(20)30-16-31-26/h3-6,9,11,13,16,19,21,23,25,33,35H,7-8,10,12,14-15H2,1-2H3/t19?,21?,23-,25?,27?,28?,29-/m0/s1. The van der Waals surface area contributed by atoms with Crippen molar-refractivity contribution in [1.29, 1.82) is 0 Å². The number of allylic oxidation sites excluding steroid dienone is 4. The van der Waals surface area contributed by atoms with Crippen LogP contribution in [0.15, 0.2) is 59.4 Å². The highest BCUT2D eigenvalue weighted by Crippen LogP contribution is 2.67. The average molecular weight is 505 g/mol. The molecule has 6 rings (SSSR count). The number of para-hydroxylation sites is 1. The number of Topliss-reactive ketones (excluding diaryl/α,β-unsaturated/α-hetero) is 1. The maximum atomic E-state index is 13.7. The average Bonchev–Trinajstić information content (AvgIpc) is 3.13. The summed E-state index contributed by atoms with van der Waals surface area (Å²) in [6.07, 6.45) is 9.48. The number of hydrogen-bond donors (Lipinski definition) is 2. The first-order valence-corrected chi connectivity index (χ1v) is 13.9. The minimum absolute atomic E-state index is 0.0147. The van der Waals surface area contributed by atoms with Crippen molar-refractivity contribution in [1.82, 2.24) is 9.97 Å². The van der Waals surface area contributed by atoms with Crippen molar-refractivity contribution in [3.8, 4) is 0 Å². The van der Waals surface area contributed by atoms with Gasteiger partial charge in [0.2, 0.25) is 0 Å². The second kappa shape index (κ2) is 8.33. The van der Waals surface area contributed by atoms with E-state index >= 15 is 0 Å². The maximum absolute atomic E-state index is 13.7. The Labute approximate surface area is 215 Å². The Bertz CT molecular complexity index is 1320. The van der Waals surface area contributed by atoms with Crippen LogP contribution in [0, 0.1) is 28.6 Å². The largest absolute Gasteiger partial charge is 0.393 e. The van der Waals surface area contributed by atoms with Gasteiger partial charge in [-0.25, -0.2) is 9.97 Å². The number of ketones is 2. The summed E-state index contributed by atoms with van der Waals surface area (Å²) in [5.74, 6) is 0.286. The highest BCUT2D eigenvalue weighted by Gasteiger charge is 2.67. The molecule has 7 heteroatoms. The first-order valence-electron chi connectivity index (χ1n) is 12.9. The first kappa shape index (κ1) is 24.0. The van der Waals surface area contributed by atoms with Crippen molar-refractivity contribution in [3.63, 3.8) is 0 Å². The Kier molecular flexibility index (Phi) is 5.56. The number of carbonyl (C=O) groups excluding carboxylic acids is 2. The van der Waals surface area contributed by atoms with Gasteiger partial charge in [-0.1, -0.05) is 55.5 Å². The first-order chi connectivity index (χ1) is 17.2. The van der Waals surface area contributed by atoms with E-state index < -0.39 is 17.1 Å². The quantitative estimate of drug-likeness (QED) is 0.473. The third-order valence-electron chi connectivity index (χ3n) is 9.96. The third kappa shape index (κ3) is 3.32. The van der Waals surface area contributed by atoms with Crippen LogP contribution in [-0.2, 0) is 9.59 Å². The van der Waals surface area contributed by atoms with Gasteiger partial charge in [-0.05, 0) is 62.2 Å². The summed E-state index contributed by atoms with van der Waals surface area (Å²) in [4.78, 5) is 34.4. The van der Waals surface area contributed by atoms with Gasteiger partial charge in [0.1, 0.15) is 17.0 Å².